The molecule has 4 heterocycles. The lowest BCUT2D eigenvalue weighted by atomic mass is 10.0. The molecule has 1 aromatic carbocycles. The molecule has 0 radical (unpaired) electrons. The molecule has 6 rings (SSSR count). The van der Waals surface area contributed by atoms with E-state index in [1.807, 2.05) is 16.8 Å². The van der Waals surface area contributed by atoms with Crippen LogP contribution in [0.4, 0.5) is 0 Å². The van der Waals surface area contributed by atoms with Gasteiger partial charge in [0.25, 0.3) is 0 Å². The number of carbonyl (C=O) groups excluding carboxylic acids is 1. The lowest BCUT2D eigenvalue weighted by Gasteiger charge is -2.17. The summed E-state index contributed by atoms with van der Waals surface area (Å²) in [5.41, 5.74) is 4.27. The van der Waals surface area contributed by atoms with Crippen molar-refractivity contribution in [1.29, 1.82) is 0 Å². The lowest BCUT2D eigenvalue weighted by Crippen LogP contribution is -2.30. The largest absolute Gasteiger partial charge is 0.342 e. The van der Waals surface area contributed by atoms with Crippen molar-refractivity contribution in [2.24, 2.45) is 11.8 Å². The van der Waals surface area contributed by atoms with Crippen LogP contribution < -0.4 is 0 Å². The van der Waals surface area contributed by atoms with Crippen LogP contribution in [-0.2, 0) is 11.3 Å². The molecule has 2 fully saturated rings. The number of hydrogen-bond donors (Lipinski definition) is 0. The van der Waals surface area contributed by atoms with E-state index in [1.165, 1.54) is 0 Å². The van der Waals surface area contributed by atoms with Crippen molar-refractivity contribution in [3.05, 3.63) is 61.3 Å². The predicted octanol–water partition coefficient (Wildman–Crippen LogP) is 3.52. The number of amides is 1. The first kappa shape index (κ1) is 18.3. The third-order valence-corrected chi connectivity index (χ3v) is 6.47. The summed E-state index contributed by atoms with van der Waals surface area (Å²) in [4.78, 5) is 18.8. The fraction of sp³-hybridized carbons (Fsp3) is 0.333. The predicted molar refractivity (Wildman–Crippen MR) is 117 cm³/mol. The van der Waals surface area contributed by atoms with E-state index in [-0.39, 0.29) is 0 Å². The molecule has 7 nitrogen and oxygen atoms in total. The number of rotatable bonds is 5. The number of nitrogens with zero attached hydrogens (tertiary/aromatic N) is 6. The van der Waals surface area contributed by atoms with Crippen molar-refractivity contribution in [2.45, 2.75) is 25.8 Å². The van der Waals surface area contributed by atoms with Crippen molar-refractivity contribution in [1.82, 2.24) is 29.0 Å². The van der Waals surface area contributed by atoms with Crippen LogP contribution in [0.3, 0.4) is 0 Å². The van der Waals surface area contributed by atoms with Gasteiger partial charge in [-0.05, 0) is 48.4 Å². The molecule has 1 aliphatic carbocycles. The molecule has 1 saturated carbocycles. The summed E-state index contributed by atoms with van der Waals surface area (Å²) < 4.78 is 4.13. The highest BCUT2D eigenvalue weighted by atomic mass is 16.2. The molecule has 31 heavy (non-hydrogen) atoms. The van der Waals surface area contributed by atoms with E-state index < -0.39 is 0 Å². The minimum atomic E-state index is 0.303. The first-order chi connectivity index (χ1) is 15.2. The Kier molecular flexibility index (Phi) is 4.33. The lowest BCUT2D eigenvalue weighted by molar-refractivity contribution is -0.131. The number of carbonyl (C=O) groups is 1. The minimum absolute atomic E-state index is 0.303. The Hall–Kier alpha value is -3.48. The quantitative estimate of drug-likeness (QED) is 0.503. The molecule has 4 aromatic rings. The van der Waals surface area contributed by atoms with Crippen LogP contribution in [0.1, 0.15) is 19.3 Å². The number of benzene rings is 1. The fourth-order valence-corrected chi connectivity index (χ4v) is 4.56. The zero-order valence-corrected chi connectivity index (χ0v) is 17.3. The summed E-state index contributed by atoms with van der Waals surface area (Å²) in [5, 5.41) is 8.54. The molecular weight excluding hydrogens is 388 g/mol. The third-order valence-electron chi connectivity index (χ3n) is 6.47. The van der Waals surface area contributed by atoms with E-state index in [0.717, 1.165) is 67.1 Å². The van der Waals surface area contributed by atoms with Crippen LogP contribution >= 0.6 is 0 Å². The Morgan fingerprint density at radius 2 is 1.84 bits per heavy atom. The second kappa shape index (κ2) is 7.34. The van der Waals surface area contributed by atoms with Gasteiger partial charge in [0.05, 0.1) is 0 Å². The van der Waals surface area contributed by atoms with Crippen molar-refractivity contribution < 1.29 is 4.79 Å². The van der Waals surface area contributed by atoms with Crippen LogP contribution in [0.5, 0.6) is 0 Å². The number of imidazole rings is 1. The van der Waals surface area contributed by atoms with Crippen LogP contribution in [0.25, 0.3) is 28.2 Å². The average molecular weight is 412 g/mol. The average Bonchev–Trinajstić information content (AvgIpc) is 3.17. The van der Waals surface area contributed by atoms with Crippen LogP contribution in [-0.4, -0.2) is 48.0 Å². The summed E-state index contributed by atoms with van der Waals surface area (Å²) in [5.74, 6) is 1.99. The zero-order valence-electron chi connectivity index (χ0n) is 17.3. The second-order valence-corrected chi connectivity index (χ2v) is 8.71. The van der Waals surface area contributed by atoms with Crippen molar-refractivity contribution >= 4 is 11.6 Å². The Morgan fingerprint density at radius 3 is 2.68 bits per heavy atom. The van der Waals surface area contributed by atoms with Crippen molar-refractivity contribution in [3.63, 3.8) is 0 Å². The number of fused-ring (bicyclic) bond motifs is 1. The molecule has 7 heteroatoms. The van der Waals surface area contributed by atoms with E-state index in [9.17, 15) is 4.79 Å². The molecule has 1 aliphatic heterocycles. The first-order valence-corrected chi connectivity index (χ1v) is 10.9. The fourth-order valence-electron chi connectivity index (χ4n) is 4.56. The van der Waals surface area contributed by atoms with Crippen LogP contribution in [0.15, 0.2) is 61.3 Å². The maximum absolute atomic E-state index is 12.3. The number of aromatic nitrogens is 5. The van der Waals surface area contributed by atoms with Crippen molar-refractivity contribution in [3.8, 4) is 22.5 Å². The maximum atomic E-state index is 12.3. The molecule has 0 N–H and O–H groups in total. The minimum Gasteiger partial charge on any atom is -0.342 e. The number of likely N-dealkylation sites (tertiary alicyclic amines) is 1. The van der Waals surface area contributed by atoms with Crippen molar-refractivity contribution in [2.75, 3.05) is 13.1 Å². The molecule has 0 bridgehead atoms. The SMILES string of the molecule is O=C(C1CC1)N1CC[C@@H](Cn2cnnc2-c2ccc(-c3ccn4ccnc4c3)cc2)C1. The highest BCUT2D eigenvalue weighted by molar-refractivity contribution is 5.81. The van der Waals surface area contributed by atoms with E-state index >= 15 is 0 Å². The van der Waals surface area contributed by atoms with Gasteiger partial charge in [-0.2, -0.15) is 0 Å². The molecule has 156 valence electrons. The zero-order chi connectivity index (χ0) is 20.8. The molecule has 1 atom stereocenters. The highest BCUT2D eigenvalue weighted by Crippen LogP contribution is 2.33. The van der Waals surface area contributed by atoms with Gasteiger partial charge in [0.1, 0.15) is 12.0 Å². The van der Waals surface area contributed by atoms with Gasteiger partial charge < -0.3 is 13.9 Å². The van der Waals surface area contributed by atoms with Gasteiger partial charge in [0, 0.05) is 49.7 Å². The molecule has 2 aliphatic rings. The molecule has 3 aromatic heterocycles. The smallest absolute Gasteiger partial charge is 0.225 e. The molecule has 0 spiro atoms. The summed E-state index contributed by atoms with van der Waals surface area (Å²) >= 11 is 0. The highest BCUT2D eigenvalue weighted by Gasteiger charge is 2.36. The summed E-state index contributed by atoms with van der Waals surface area (Å²) in [6.07, 6.45) is 10.8. The van der Waals surface area contributed by atoms with E-state index in [1.54, 1.807) is 12.5 Å². The Labute approximate surface area is 180 Å². The van der Waals surface area contributed by atoms with Gasteiger partial charge in [-0.3, -0.25) is 4.79 Å². The Bertz CT molecular complexity index is 1240. The Morgan fingerprint density at radius 1 is 1.00 bits per heavy atom. The van der Waals surface area contributed by atoms with Crippen LogP contribution in [0.2, 0.25) is 0 Å². The van der Waals surface area contributed by atoms with Gasteiger partial charge in [0.2, 0.25) is 5.91 Å². The maximum Gasteiger partial charge on any atom is 0.225 e. The Balaban J connectivity index is 1.18. The normalized spacial score (nSPS) is 18.7. The summed E-state index contributed by atoms with van der Waals surface area (Å²) in [7, 11) is 0. The molecule has 1 amide bonds. The van der Waals surface area contributed by atoms with E-state index in [4.69, 9.17) is 0 Å². The van der Waals surface area contributed by atoms with Crippen LogP contribution in [0, 0.1) is 11.8 Å². The first-order valence-electron chi connectivity index (χ1n) is 10.9. The summed E-state index contributed by atoms with van der Waals surface area (Å²) in [6.45, 7) is 2.57. The standard InChI is InChI=1S/C24H24N6O/c31-24(20-5-6-20)29-10-7-17(14-29)15-30-16-26-27-23(30)19-3-1-18(2-4-19)21-8-11-28-12-9-25-22(28)13-21/h1-4,8-9,11-13,16-17,20H,5-7,10,14-15H2/t17-/m1/s1. The van der Waals surface area contributed by atoms with Gasteiger partial charge in [-0.15, -0.1) is 10.2 Å². The monoisotopic (exact) mass is 412 g/mol. The second-order valence-electron chi connectivity index (χ2n) is 8.71. The van der Waals surface area contributed by atoms with E-state index in [0.29, 0.717) is 17.7 Å². The third kappa shape index (κ3) is 3.50. The molecular formula is C24H24N6O. The van der Waals surface area contributed by atoms with Gasteiger partial charge in [-0.25, -0.2) is 4.98 Å². The van der Waals surface area contributed by atoms with Gasteiger partial charge in [0.15, 0.2) is 5.82 Å². The van der Waals surface area contributed by atoms with Gasteiger partial charge >= 0.3 is 0 Å². The molecule has 1 saturated heterocycles. The van der Waals surface area contributed by atoms with Gasteiger partial charge in [-0.1, -0.05) is 24.3 Å². The topological polar surface area (TPSA) is 68.3 Å². The summed E-state index contributed by atoms with van der Waals surface area (Å²) in [6, 6.07) is 12.6. The molecule has 0 unspecified atom stereocenters. The van der Waals surface area contributed by atoms with E-state index in [2.05, 4.69) is 61.0 Å². The number of pyridine rings is 1. The number of hydrogen-bond acceptors (Lipinski definition) is 4.